The molecule has 0 saturated heterocycles. The summed E-state index contributed by atoms with van der Waals surface area (Å²) in [6.07, 6.45) is 0. The summed E-state index contributed by atoms with van der Waals surface area (Å²) in [6.45, 7) is 6.48. The molecular formula is C15H18N2OS. The number of thiophene rings is 1. The first-order chi connectivity index (χ1) is 8.99. The van der Waals surface area contributed by atoms with Crippen LogP contribution >= 0.6 is 11.3 Å². The van der Waals surface area contributed by atoms with Crippen molar-refractivity contribution in [2.75, 3.05) is 5.73 Å². The van der Waals surface area contributed by atoms with Crippen LogP contribution in [0.5, 0.6) is 0 Å². The number of amides is 1. The van der Waals surface area contributed by atoms with E-state index in [2.05, 4.69) is 16.1 Å². The number of rotatable bonds is 3. The number of carbonyl (C=O) groups is 1. The summed E-state index contributed by atoms with van der Waals surface area (Å²) in [5.41, 5.74) is 11.5. The quantitative estimate of drug-likeness (QED) is 0.845. The SMILES string of the molecule is Cc1cc(C)c(C(=O)NCc2cscc2C)cc1N. The fourth-order valence-electron chi connectivity index (χ4n) is 1.95. The van der Waals surface area contributed by atoms with E-state index >= 15 is 0 Å². The molecule has 1 aromatic heterocycles. The number of carbonyl (C=O) groups excluding carboxylic acids is 1. The predicted octanol–water partition coefficient (Wildman–Crippen LogP) is 3.19. The van der Waals surface area contributed by atoms with Crippen molar-refractivity contribution in [3.63, 3.8) is 0 Å². The number of hydrogen-bond acceptors (Lipinski definition) is 3. The molecule has 3 N–H and O–H groups in total. The van der Waals surface area contributed by atoms with Gasteiger partial charge >= 0.3 is 0 Å². The van der Waals surface area contributed by atoms with Crippen molar-refractivity contribution in [1.82, 2.24) is 5.32 Å². The maximum Gasteiger partial charge on any atom is 0.251 e. The first kappa shape index (κ1) is 13.6. The van der Waals surface area contributed by atoms with Crippen LogP contribution < -0.4 is 11.1 Å². The van der Waals surface area contributed by atoms with Crippen LogP contribution in [0.4, 0.5) is 5.69 Å². The van der Waals surface area contributed by atoms with Gasteiger partial charge in [-0.15, -0.1) is 0 Å². The molecule has 0 unspecified atom stereocenters. The minimum Gasteiger partial charge on any atom is -0.398 e. The lowest BCUT2D eigenvalue weighted by Gasteiger charge is -2.10. The molecule has 2 aromatic rings. The lowest BCUT2D eigenvalue weighted by molar-refractivity contribution is 0.0950. The summed E-state index contributed by atoms with van der Waals surface area (Å²) >= 11 is 1.65. The zero-order valence-electron chi connectivity index (χ0n) is 11.4. The zero-order chi connectivity index (χ0) is 14.0. The minimum atomic E-state index is -0.0743. The van der Waals surface area contributed by atoms with Crippen LogP contribution in [0.15, 0.2) is 22.9 Å². The van der Waals surface area contributed by atoms with Gasteiger partial charge in [0, 0.05) is 17.8 Å². The first-order valence-electron chi connectivity index (χ1n) is 6.15. The van der Waals surface area contributed by atoms with Crippen molar-refractivity contribution >= 4 is 22.9 Å². The second-order valence-electron chi connectivity index (χ2n) is 4.79. The van der Waals surface area contributed by atoms with Crippen molar-refractivity contribution in [3.8, 4) is 0 Å². The van der Waals surface area contributed by atoms with E-state index in [9.17, 15) is 4.79 Å². The Bertz CT molecular complexity index is 617. The van der Waals surface area contributed by atoms with E-state index in [-0.39, 0.29) is 5.91 Å². The van der Waals surface area contributed by atoms with Gasteiger partial charge in [0.05, 0.1) is 0 Å². The normalized spacial score (nSPS) is 10.5. The van der Waals surface area contributed by atoms with Crippen LogP contribution in [-0.4, -0.2) is 5.91 Å². The van der Waals surface area contributed by atoms with Crippen molar-refractivity contribution < 1.29 is 4.79 Å². The highest BCUT2D eigenvalue weighted by Crippen LogP contribution is 2.18. The van der Waals surface area contributed by atoms with E-state index in [1.807, 2.05) is 26.8 Å². The first-order valence-corrected chi connectivity index (χ1v) is 7.10. The third kappa shape index (κ3) is 2.96. The molecule has 0 saturated carbocycles. The largest absolute Gasteiger partial charge is 0.398 e. The predicted molar refractivity (Wildman–Crippen MR) is 80.6 cm³/mol. The Hall–Kier alpha value is -1.81. The second-order valence-corrected chi connectivity index (χ2v) is 5.53. The molecule has 100 valence electrons. The van der Waals surface area contributed by atoms with Crippen LogP contribution in [0, 0.1) is 20.8 Å². The lowest BCUT2D eigenvalue weighted by atomic mass is 10.0. The number of benzene rings is 1. The summed E-state index contributed by atoms with van der Waals surface area (Å²) in [5.74, 6) is -0.0743. The summed E-state index contributed by atoms with van der Waals surface area (Å²) in [7, 11) is 0. The summed E-state index contributed by atoms with van der Waals surface area (Å²) in [5, 5.41) is 7.08. The Morgan fingerprint density at radius 2 is 1.89 bits per heavy atom. The highest BCUT2D eigenvalue weighted by atomic mass is 32.1. The summed E-state index contributed by atoms with van der Waals surface area (Å²) in [6, 6.07) is 3.70. The minimum absolute atomic E-state index is 0.0743. The molecule has 0 spiro atoms. The fraction of sp³-hybridized carbons (Fsp3) is 0.267. The second kappa shape index (κ2) is 5.45. The van der Waals surface area contributed by atoms with E-state index in [4.69, 9.17) is 5.73 Å². The number of anilines is 1. The number of nitrogens with two attached hydrogens (primary N) is 1. The molecule has 0 bridgehead atoms. The molecule has 2 rings (SSSR count). The third-order valence-electron chi connectivity index (χ3n) is 3.26. The van der Waals surface area contributed by atoms with Crippen LogP contribution in [0.2, 0.25) is 0 Å². The Labute approximate surface area is 117 Å². The summed E-state index contributed by atoms with van der Waals surface area (Å²) in [4.78, 5) is 12.2. The topological polar surface area (TPSA) is 55.1 Å². The van der Waals surface area contributed by atoms with E-state index < -0.39 is 0 Å². The van der Waals surface area contributed by atoms with Crippen molar-refractivity contribution in [2.24, 2.45) is 0 Å². The number of nitrogens with one attached hydrogen (secondary N) is 1. The Morgan fingerprint density at radius 3 is 2.53 bits per heavy atom. The number of nitrogen functional groups attached to an aromatic ring is 1. The van der Waals surface area contributed by atoms with Crippen molar-refractivity contribution in [2.45, 2.75) is 27.3 Å². The molecule has 1 amide bonds. The van der Waals surface area contributed by atoms with Crippen molar-refractivity contribution in [1.29, 1.82) is 0 Å². The fourth-order valence-corrected chi connectivity index (χ4v) is 2.81. The smallest absolute Gasteiger partial charge is 0.251 e. The Balaban J connectivity index is 2.12. The highest BCUT2D eigenvalue weighted by Gasteiger charge is 2.11. The molecule has 4 heteroatoms. The summed E-state index contributed by atoms with van der Waals surface area (Å²) < 4.78 is 0. The van der Waals surface area contributed by atoms with Gasteiger partial charge in [0.15, 0.2) is 0 Å². The van der Waals surface area contributed by atoms with E-state index in [0.717, 1.165) is 16.7 Å². The van der Waals surface area contributed by atoms with Gasteiger partial charge in [-0.05, 0) is 59.9 Å². The molecule has 1 heterocycles. The molecule has 19 heavy (non-hydrogen) atoms. The van der Waals surface area contributed by atoms with Gasteiger partial charge in [-0.3, -0.25) is 4.79 Å². The van der Waals surface area contributed by atoms with Gasteiger partial charge in [-0.25, -0.2) is 0 Å². The van der Waals surface area contributed by atoms with Gasteiger partial charge in [0.2, 0.25) is 0 Å². The maximum atomic E-state index is 12.2. The van der Waals surface area contributed by atoms with Crippen LogP contribution in [0.1, 0.15) is 32.6 Å². The van der Waals surface area contributed by atoms with E-state index in [1.54, 1.807) is 17.4 Å². The number of hydrogen-bond donors (Lipinski definition) is 2. The average Bonchev–Trinajstić information content (AvgIpc) is 2.76. The molecule has 0 fully saturated rings. The van der Waals surface area contributed by atoms with E-state index in [1.165, 1.54) is 5.56 Å². The van der Waals surface area contributed by atoms with E-state index in [0.29, 0.717) is 17.8 Å². The molecule has 0 radical (unpaired) electrons. The molecule has 0 aliphatic rings. The van der Waals surface area contributed by atoms with Crippen LogP contribution in [0.3, 0.4) is 0 Å². The van der Waals surface area contributed by atoms with Gasteiger partial charge in [-0.1, -0.05) is 6.07 Å². The third-order valence-corrected chi connectivity index (χ3v) is 4.17. The highest BCUT2D eigenvalue weighted by molar-refractivity contribution is 7.08. The zero-order valence-corrected chi connectivity index (χ0v) is 12.2. The molecule has 0 aliphatic carbocycles. The van der Waals surface area contributed by atoms with Crippen molar-refractivity contribution in [3.05, 3.63) is 50.7 Å². The van der Waals surface area contributed by atoms with Gasteiger partial charge in [0.25, 0.3) is 5.91 Å². The molecule has 0 aliphatic heterocycles. The lowest BCUT2D eigenvalue weighted by Crippen LogP contribution is -2.24. The average molecular weight is 274 g/mol. The van der Waals surface area contributed by atoms with Gasteiger partial charge < -0.3 is 11.1 Å². The standard InChI is InChI=1S/C15H18N2OS/c1-9-4-10(2)14(16)5-13(9)15(18)17-6-12-8-19-7-11(12)3/h4-5,7-8H,6,16H2,1-3H3,(H,17,18). The van der Waals surface area contributed by atoms with Gasteiger partial charge in [0.1, 0.15) is 0 Å². The molecule has 3 nitrogen and oxygen atoms in total. The van der Waals surface area contributed by atoms with Crippen LogP contribution in [0.25, 0.3) is 0 Å². The molecule has 0 atom stereocenters. The number of aryl methyl sites for hydroxylation is 3. The Morgan fingerprint density at radius 1 is 1.16 bits per heavy atom. The molecular weight excluding hydrogens is 256 g/mol. The Kier molecular flexibility index (Phi) is 3.90. The molecule has 1 aromatic carbocycles. The monoisotopic (exact) mass is 274 g/mol. The van der Waals surface area contributed by atoms with Gasteiger partial charge in [-0.2, -0.15) is 11.3 Å². The van der Waals surface area contributed by atoms with Crippen LogP contribution in [-0.2, 0) is 6.54 Å². The maximum absolute atomic E-state index is 12.2.